The first-order valence-corrected chi connectivity index (χ1v) is 7.70. The summed E-state index contributed by atoms with van der Waals surface area (Å²) in [4.78, 5) is 22.1. The number of carbonyl (C=O) groups excluding carboxylic acids is 1. The summed E-state index contributed by atoms with van der Waals surface area (Å²) < 4.78 is 12.7. The smallest absolute Gasteiger partial charge is 0.256 e. The van der Waals surface area contributed by atoms with Gasteiger partial charge in [0.1, 0.15) is 6.67 Å². The number of rotatable bonds is 4. The molecule has 1 N–H and O–H groups in total. The first-order valence-electron chi connectivity index (χ1n) is 7.32. The Morgan fingerprint density at radius 2 is 2.29 bits per heavy atom. The lowest BCUT2D eigenvalue weighted by molar-refractivity contribution is 0.0725. The van der Waals surface area contributed by atoms with Crippen molar-refractivity contribution in [3.8, 4) is 12.3 Å². The van der Waals surface area contributed by atoms with Crippen LogP contribution in [0.4, 0.5) is 15.9 Å². The van der Waals surface area contributed by atoms with Crippen LogP contribution in [0.2, 0.25) is 5.28 Å². The number of nitrogens with one attached hydrogen (secondary N) is 1. The molecule has 0 aliphatic carbocycles. The zero-order valence-corrected chi connectivity index (χ0v) is 13.6. The molecule has 0 saturated heterocycles. The van der Waals surface area contributed by atoms with Crippen LogP contribution in [0.3, 0.4) is 0 Å². The highest BCUT2D eigenvalue weighted by Gasteiger charge is 2.35. The maximum atomic E-state index is 12.7. The average molecular weight is 345 g/mol. The van der Waals surface area contributed by atoms with Gasteiger partial charge in [0.25, 0.3) is 5.91 Å². The number of halogens is 2. The lowest BCUT2D eigenvalue weighted by Crippen LogP contribution is -2.28. The van der Waals surface area contributed by atoms with Crippen LogP contribution in [0.1, 0.15) is 34.5 Å². The summed E-state index contributed by atoms with van der Waals surface area (Å²) in [5.74, 6) is 2.59. The second kappa shape index (κ2) is 6.46. The second-order valence-electron chi connectivity index (χ2n) is 5.30. The molecule has 1 aromatic heterocycles. The Labute approximate surface area is 143 Å². The molecule has 0 fully saturated rings. The van der Waals surface area contributed by atoms with E-state index < -0.39 is 6.67 Å². The molecule has 24 heavy (non-hydrogen) atoms. The van der Waals surface area contributed by atoms with Crippen LogP contribution >= 0.6 is 11.6 Å². The highest BCUT2D eigenvalue weighted by Crippen LogP contribution is 2.38. The van der Waals surface area contributed by atoms with E-state index in [4.69, 9.17) is 18.0 Å². The fourth-order valence-electron chi connectivity index (χ4n) is 2.82. The van der Waals surface area contributed by atoms with E-state index in [0.717, 1.165) is 5.56 Å². The van der Waals surface area contributed by atoms with Gasteiger partial charge in [0.2, 0.25) is 5.28 Å². The van der Waals surface area contributed by atoms with Crippen molar-refractivity contribution in [1.29, 1.82) is 0 Å². The lowest BCUT2D eigenvalue weighted by Gasteiger charge is -2.20. The van der Waals surface area contributed by atoms with Crippen molar-refractivity contribution < 1.29 is 9.18 Å². The normalized spacial score (nSPS) is 16.0. The van der Waals surface area contributed by atoms with Gasteiger partial charge in [0.05, 0.1) is 22.9 Å². The molecule has 7 heteroatoms. The van der Waals surface area contributed by atoms with E-state index in [0.29, 0.717) is 22.6 Å². The Morgan fingerprint density at radius 3 is 3.00 bits per heavy atom. The summed E-state index contributed by atoms with van der Waals surface area (Å²) in [7, 11) is 0. The molecular weight excluding hydrogens is 331 g/mol. The molecule has 2 heterocycles. The quantitative estimate of drug-likeness (QED) is 0.682. The van der Waals surface area contributed by atoms with Gasteiger partial charge in [-0.25, -0.2) is 9.37 Å². The SMILES string of the molecule is C#Cc1cnc(Cl)nc1Nc1cccc2c1C(=O)N(CCF)C2C. The van der Waals surface area contributed by atoms with Crippen LogP contribution in [-0.4, -0.2) is 34.0 Å². The van der Waals surface area contributed by atoms with Gasteiger partial charge in [0.15, 0.2) is 5.82 Å². The van der Waals surface area contributed by atoms with Gasteiger partial charge >= 0.3 is 0 Å². The highest BCUT2D eigenvalue weighted by atomic mass is 35.5. The summed E-state index contributed by atoms with van der Waals surface area (Å²) >= 11 is 5.83. The minimum atomic E-state index is -0.588. The van der Waals surface area contributed by atoms with Crippen molar-refractivity contribution in [3.05, 3.63) is 46.4 Å². The number of fused-ring (bicyclic) bond motifs is 1. The molecule has 0 spiro atoms. The minimum Gasteiger partial charge on any atom is -0.338 e. The van der Waals surface area contributed by atoms with Crippen LogP contribution < -0.4 is 5.32 Å². The number of terminal acetylenes is 1. The van der Waals surface area contributed by atoms with Crippen LogP contribution in [-0.2, 0) is 0 Å². The highest BCUT2D eigenvalue weighted by molar-refractivity contribution is 6.28. The number of benzene rings is 1. The molecule has 3 rings (SSSR count). The average Bonchev–Trinajstić information content (AvgIpc) is 2.81. The number of carbonyl (C=O) groups is 1. The molecular formula is C17H14ClFN4O. The molecule has 1 aliphatic heterocycles. The van der Waals surface area contributed by atoms with Gasteiger partial charge in [-0.2, -0.15) is 4.98 Å². The summed E-state index contributed by atoms with van der Waals surface area (Å²) in [5.41, 5.74) is 2.31. The van der Waals surface area contributed by atoms with Gasteiger partial charge in [-0.05, 0) is 30.2 Å². The number of amides is 1. The van der Waals surface area contributed by atoms with Crippen LogP contribution in [0.15, 0.2) is 24.4 Å². The molecule has 0 saturated carbocycles. The first-order chi connectivity index (χ1) is 11.6. The molecule has 122 valence electrons. The third-order valence-corrected chi connectivity index (χ3v) is 4.16. The van der Waals surface area contributed by atoms with Crippen molar-refractivity contribution in [2.24, 2.45) is 0 Å². The molecule has 5 nitrogen and oxygen atoms in total. The van der Waals surface area contributed by atoms with Crippen molar-refractivity contribution in [3.63, 3.8) is 0 Å². The first kappa shape index (κ1) is 16.2. The summed E-state index contributed by atoms with van der Waals surface area (Å²) in [6, 6.07) is 5.24. The molecule has 0 radical (unpaired) electrons. The van der Waals surface area contributed by atoms with Crippen molar-refractivity contribution >= 4 is 29.0 Å². The minimum absolute atomic E-state index is 0.0443. The topological polar surface area (TPSA) is 58.1 Å². The van der Waals surface area contributed by atoms with E-state index in [1.165, 1.54) is 11.1 Å². The van der Waals surface area contributed by atoms with Gasteiger partial charge in [0, 0.05) is 12.7 Å². The van der Waals surface area contributed by atoms with Crippen LogP contribution in [0.5, 0.6) is 0 Å². The predicted octanol–water partition coefficient (Wildman–Crippen LogP) is 3.34. The maximum absolute atomic E-state index is 12.7. The zero-order valence-electron chi connectivity index (χ0n) is 12.9. The molecule has 0 bridgehead atoms. The second-order valence-corrected chi connectivity index (χ2v) is 5.64. The van der Waals surface area contributed by atoms with Crippen LogP contribution in [0.25, 0.3) is 0 Å². The monoisotopic (exact) mass is 344 g/mol. The van der Waals surface area contributed by atoms with Crippen molar-refractivity contribution in [1.82, 2.24) is 14.9 Å². The Hall–Kier alpha value is -2.65. The maximum Gasteiger partial charge on any atom is 0.256 e. The number of anilines is 2. The van der Waals surface area contributed by atoms with E-state index >= 15 is 0 Å². The molecule has 2 aromatic rings. The Bertz CT molecular complexity index is 849. The number of nitrogens with zero attached hydrogens (tertiary/aromatic N) is 3. The fraction of sp³-hybridized carbons (Fsp3) is 0.235. The van der Waals surface area contributed by atoms with Crippen molar-refractivity contribution in [2.75, 3.05) is 18.5 Å². The van der Waals surface area contributed by atoms with E-state index in [9.17, 15) is 9.18 Å². The van der Waals surface area contributed by atoms with E-state index in [1.807, 2.05) is 19.1 Å². The van der Waals surface area contributed by atoms with Gasteiger partial charge in [-0.1, -0.05) is 18.1 Å². The number of alkyl halides is 1. The van der Waals surface area contributed by atoms with Gasteiger partial charge in [-0.3, -0.25) is 4.79 Å². The van der Waals surface area contributed by atoms with Gasteiger partial charge in [-0.15, -0.1) is 6.42 Å². The molecule has 1 aliphatic rings. The van der Waals surface area contributed by atoms with E-state index in [2.05, 4.69) is 21.2 Å². The summed E-state index contributed by atoms with van der Waals surface area (Å²) in [6.07, 6.45) is 6.88. The van der Waals surface area contributed by atoms with Crippen LogP contribution in [0, 0.1) is 12.3 Å². The zero-order chi connectivity index (χ0) is 17.3. The predicted molar refractivity (Wildman–Crippen MR) is 90.1 cm³/mol. The number of hydrogen-bond donors (Lipinski definition) is 1. The third kappa shape index (κ3) is 2.68. The van der Waals surface area contributed by atoms with E-state index in [1.54, 1.807) is 6.07 Å². The molecule has 1 aromatic carbocycles. The summed E-state index contributed by atoms with van der Waals surface area (Å²) in [6.45, 7) is 1.34. The molecule has 1 amide bonds. The Kier molecular flexibility index (Phi) is 4.36. The summed E-state index contributed by atoms with van der Waals surface area (Å²) in [5, 5.41) is 3.10. The fourth-order valence-corrected chi connectivity index (χ4v) is 2.96. The van der Waals surface area contributed by atoms with E-state index in [-0.39, 0.29) is 23.8 Å². The largest absolute Gasteiger partial charge is 0.338 e. The number of hydrogen-bond acceptors (Lipinski definition) is 4. The number of aromatic nitrogens is 2. The molecule has 1 unspecified atom stereocenters. The van der Waals surface area contributed by atoms with Crippen molar-refractivity contribution in [2.45, 2.75) is 13.0 Å². The standard InChI is InChI=1S/C17H14ClFN4O/c1-3-11-9-20-17(18)22-15(11)21-13-6-4-5-12-10(2)23(8-7-19)16(24)14(12)13/h1,4-6,9-10H,7-8H2,2H3,(H,20,21,22). The Morgan fingerprint density at radius 1 is 1.50 bits per heavy atom. The third-order valence-electron chi connectivity index (χ3n) is 3.98. The molecule has 1 atom stereocenters. The van der Waals surface area contributed by atoms with Gasteiger partial charge < -0.3 is 10.2 Å². The lowest BCUT2D eigenvalue weighted by atomic mass is 10.0. The Balaban J connectivity index is 2.03.